The summed E-state index contributed by atoms with van der Waals surface area (Å²) < 4.78 is 0. The third-order valence-electron chi connectivity index (χ3n) is 5.08. The smallest absolute Gasteiger partial charge is 0.0351 e. The number of hydrogen-bond donors (Lipinski definition) is 1. The van der Waals surface area contributed by atoms with Crippen molar-refractivity contribution in [2.24, 2.45) is 11.7 Å². The molecule has 0 bridgehead atoms. The van der Waals surface area contributed by atoms with Crippen LogP contribution in [0.1, 0.15) is 49.8 Å². The molecule has 1 heterocycles. The Hall–Kier alpha value is -0.860. The molecule has 0 amide bonds. The van der Waals surface area contributed by atoms with Crippen molar-refractivity contribution < 1.29 is 0 Å². The third kappa shape index (κ3) is 2.70. The average Bonchev–Trinajstić information content (AvgIpc) is 2.64. The van der Waals surface area contributed by atoms with Crippen LogP contribution in [0.15, 0.2) is 24.3 Å². The van der Waals surface area contributed by atoms with Gasteiger partial charge in [-0.25, -0.2) is 0 Å². The first-order chi connectivity index (χ1) is 9.25. The second kappa shape index (κ2) is 5.64. The minimum Gasteiger partial charge on any atom is -0.326 e. The van der Waals surface area contributed by atoms with E-state index in [1.807, 2.05) is 0 Å². The van der Waals surface area contributed by atoms with Crippen LogP contribution in [0, 0.1) is 5.92 Å². The number of hydrogen-bond acceptors (Lipinski definition) is 2. The number of nitrogens with zero attached hydrogens (tertiary/aromatic N) is 1. The van der Waals surface area contributed by atoms with Crippen LogP contribution in [-0.4, -0.2) is 24.0 Å². The van der Waals surface area contributed by atoms with Gasteiger partial charge in [0.15, 0.2) is 0 Å². The van der Waals surface area contributed by atoms with E-state index in [0.29, 0.717) is 18.0 Å². The standard InChI is InChI=1S/C17H26N2/c1-13-10-11-19(12-16(13)18)17-9-5-3-7-14-6-2-4-8-15(14)17/h2,4,6,8,13,16-17H,3,5,7,9-12,18H2,1H3. The molecule has 3 atom stereocenters. The first kappa shape index (κ1) is 13.1. The lowest BCUT2D eigenvalue weighted by atomic mass is 9.90. The van der Waals surface area contributed by atoms with E-state index in [0.717, 1.165) is 6.54 Å². The van der Waals surface area contributed by atoms with Crippen LogP contribution in [0.2, 0.25) is 0 Å². The van der Waals surface area contributed by atoms with Gasteiger partial charge in [-0.3, -0.25) is 4.90 Å². The van der Waals surface area contributed by atoms with Crippen molar-refractivity contribution >= 4 is 0 Å². The van der Waals surface area contributed by atoms with Crippen molar-refractivity contribution in [1.29, 1.82) is 0 Å². The summed E-state index contributed by atoms with van der Waals surface area (Å²) in [6.45, 7) is 4.58. The fourth-order valence-electron chi connectivity index (χ4n) is 3.68. The van der Waals surface area contributed by atoms with Gasteiger partial charge >= 0.3 is 0 Å². The minimum atomic E-state index is 0.351. The Morgan fingerprint density at radius 1 is 1.16 bits per heavy atom. The minimum absolute atomic E-state index is 0.351. The SMILES string of the molecule is CC1CCN(C2CCCCc3ccccc32)CC1N. The fourth-order valence-corrected chi connectivity index (χ4v) is 3.68. The van der Waals surface area contributed by atoms with Gasteiger partial charge < -0.3 is 5.73 Å². The highest BCUT2D eigenvalue weighted by Crippen LogP contribution is 2.35. The van der Waals surface area contributed by atoms with Gasteiger partial charge in [0.2, 0.25) is 0 Å². The first-order valence-corrected chi connectivity index (χ1v) is 7.83. The summed E-state index contributed by atoms with van der Waals surface area (Å²) in [6.07, 6.45) is 6.49. The third-order valence-corrected chi connectivity index (χ3v) is 5.08. The normalized spacial score (nSPS) is 32.6. The zero-order valence-corrected chi connectivity index (χ0v) is 12.0. The van der Waals surface area contributed by atoms with Crippen molar-refractivity contribution in [1.82, 2.24) is 4.90 Å². The number of benzene rings is 1. The zero-order valence-electron chi connectivity index (χ0n) is 12.0. The molecule has 0 spiro atoms. The molecular formula is C17H26N2. The highest BCUT2D eigenvalue weighted by molar-refractivity contribution is 5.31. The van der Waals surface area contributed by atoms with E-state index >= 15 is 0 Å². The van der Waals surface area contributed by atoms with Gasteiger partial charge in [-0.2, -0.15) is 0 Å². The summed E-state index contributed by atoms with van der Waals surface area (Å²) >= 11 is 0. The molecule has 1 aromatic rings. The number of likely N-dealkylation sites (tertiary alicyclic amines) is 1. The monoisotopic (exact) mass is 258 g/mol. The van der Waals surface area contributed by atoms with Crippen LogP contribution in [0.25, 0.3) is 0 Å². The number of fused-ring (bicyclic) bond motifs is 1. The molecule has 1 saturated heterocycles. The van der Waals surface area contributed by atoms with Crippen LogP contribution >= 0.6 is 0 Å². The van der Waals surface area contributed by atoms with Gasteiger partial charge in [-0.1, -0.05) is 37.6 Å². The molecule has 0 aromatic heterocycles. The summed E-state index contributed by atoms with van der Waals surface area (Å²) in [5.74, 6) is 0.678. The van der Waals surface area contributed by atoms with Crippen molar-refractivity contribution in [3.63, 3.8) is 0 Å². The van der Waals surface area contributed by atoms with Crippen LogP contribution in [-0.2, 0) is 6.42 Å². The quantitative estimate of drug-likeness (QED) is 0.784. The highest BCUT2D eigenvalue weighted by atomic mass is 15.2. The Morgan fingerprint density at radius 3 is 2.84 bits per heavy atom. The summed E-state index contributed by atoms with van der Waals surface area (Å²) in [7, 11) is 0. The molecule has 1 aromatic carbocycles. The second-order valence-electron chi connectivity index (χ2n) is 6.39. The summed E-state index contributed by atoms with van der Waals surface area (Å²) in [4.78, 5) is 2.65. The summed E-state index contributed by atoms with van der Waals surface area (Å²) in [5.41, 5.74) is 9.43. The summed E-state index contributed by atoms with van der Waals surface area (Å²) in [5, 5.41) is 0. The Morgan fingerprint density at radius 2 is 2.00 bits per heavy atom. The molecule has 2 aliphatic rings. The van der Waals surface area contributed by atoms with Gasteiger partial charge in [-0.05, 0) is 49.3 Å². The maximum Gasteiger partial charge on any atom is 0.0351 e. The van der Waals surface area contributed by atoms with Crippen LogP contribution in [0.5, 0.6) is 0 Å². The second-order valence-corrected chi connectivity index (χ2v) is 6.39. The lowest BCUT2D eigenvalue weighted by molar-refractivity contribution is 0.114. The predicted molar refractivity (Wildman–Crippen MR) is 80.1 cm³/mol. The molecule has 1 aliphatic carbocycles. The predicted octanol–water partition coefficient (Wildman–Crippen LogP) is 3.12. The van der Waals surface area contributed by atoms with E-state index < -0.39 is 0 Å². The maximum absolute atomic E-state index is 6.29. The van der Waals surface area contributed by atoms with Crippen molar-refractivity contribution in [3.05, 3.63) is 35.4 Å². The Labute approximate surface area is 117 Å². The van der Waals surface area contributed by atoms with E-state index in [4.69, 9.17) is 5.73 Å². The van der Waals surface area contributed by atoms with Gasteiger partial charge in [-0.15, -0.1) is 0 Å². The molecule has 2 N–H and O–H groups in total. The van der Waals surface area contributed by atoms with Crippen molar-refractivity contribution in [2.45, 2.75) is 51.1 Å². The van der Waals surface area contributed by atoms with E-state index in [1.54, 1.807) is 11.1 Å². The lowest BCUT2D eigenvalue weighted by Crippen LogP contribution is -2.48. The molecule has 0 radical (unpaired) electrons. The van der Waals surface area contributed by atoms with Gasteiger partial charge in [0.05, 0.1) is 0 Å². The Balaban J connectivity index is 1.84. The molecular weight excluding hydrogens is 232 g/mol. The van der Waals surface area contributed by atoms with E-state index in [2.05, 4.69) is 36.1 Å². The van der Waals surface area contributed by atoms with Gasteiger partial charge in [0, 0.05) is 18.6 Å². The van der Waals surface area contributed by atoms with Crippen molar-refractivity contribution in [3.8, 4) is 0 Å². The maximum atomic E-state index is 6.29. The number of piperidine rings is 1. The molecule has 1 fully saturated rings. The summed E-state index contributed by atoms with van der Waals surface area (Å²) in [6, 6.07) is 10.0. The Bertz CT molecular complexity index is 429. The number of aryl methyl sites for hydroxylation is 1. The van der Waals surface area contributed by atoms with Gasteiger partial charge in [0.25, 0.3) is 0 Å². The van der Waals surface area contributed by atoms with E-state index in [9.17, 15) is 0 Å². The molecule has 2 nitrogen and oxygen atoms in total. The molecule has 2 heteroatoms. The van der Waals surface area contributed by atoms with Crippen LogP contribution in [0.4, 0.5) is 0 Å². The topological polar surface area (TPSA) is 29.3 Å². The molecule has 1 aliphatic heterocycles. The molecule has 3 rings (SSSR count). The first-order valence-electron chi connectivity index (χ1n) is 7.83. The van der Waals surface area contributed by atoms with Crippen molar-refractivity contribution in [2.75, 3.05) is 13.1 Å². The van der Waals surface area contributed by atoms with Crippen LogP contribution < -0.4 is 5.73 Å². The van der Waals surface area contributed by atoms with Crippen LogP contribution in [0.3, 0.4) is 0 Å². The molecule has 19 heavy (non-hydrogen) atoms. The van der Waals surface area contributed by atoms with E-state index in [1.165, 1.54) is 38.6 Å². The largest absolute Gasteiger partial charge is 0.326 e. The molecule has 0 saturated carbocycles. The molecule has 3 unspecified atom stereocenters. The lowest BCUT2D eigenvalue weighted by Gasteiger charge is -2.40. The Kier molecular flexibility index (Phi) is 3.90. The zero-order chi connectivity index (χ0) is 13.2. The number of rotatable bonds is 1. The fraction of sp³-hybridized carbons (Fsp3) is 0.647. The number of nitrogens with two attached hydrogens (primary N) is 1. The molecule has 104 valence electrons. The highest BCUT2D eigenvalue weighted by Gasteiger charge is 2.30. The average molecular weight is 258 g/mol. The van der Waals surface area contributed by atoms with Gasteiger partial charge in [0.1, 0.15) is 0 Å². The van der Waals surface area contributed by atoms with E-state index in [-0.39, 0.29) is 0 Å².